The van der Waals surface area contributed by atoms with E-state index < -0.39 is 0 Å². The van der Waals surface area contributed by atoms with Gasteiger partial charge in [0, 0.05) is 54.8 Å². The summed E-state index contributed by atoms with van der Waals surface area (Å²) < 4.78 is 18.9. The van der Waals surface area contributed by atoms with Crippen LogP contribution in [0.1, 0.15) is 179 Å². The van der Waals surface area contributed by atoms with Crippen molar-refractivity contribution in [2.45, 2.75) is 205 Å². The summed E-state index contributed by atoms with van der Waals surface area (Å²) in [6.45, 7) is 53.7. The molecule has 0 saturated heterocycles. The molecule has 0 fully saturated rings. The Labute approximate surface area is 602 Å². The van der Waals surface area contributed by atoms with Crippen LogP contribution in [-0.4, -0.2) is 18.3 Å². The number of hydrogen-bond donors (Lipinski definition) is 0. The van der Waals surface area contributed by atoms with E-state index >= 15 is 0 Å². The minimum Gasteiger partial charge on any atom is -0.230 e. The van der Waals surface area contributed by atoms with Gasteiger partial charge in [-0.1, -0.05) is 232 Å². The Morgan fingerprint density at radius 3 is 1.19 bits per heavy atom. The summed E-state index contributed by atoms with van der Waals surface area (Å²) in [6.07, 6.45) is 6.93. The Morgan fingerprint density at radius 2 is 0.660 bits per heavy atom. The van der Waals surface area contributed by atoms with Gasteiger partial charge in [-0.2, -0.15) is 0 Å². The van der Waals surface area contributed by atoms with Gasteiger partial charge in [0.15, 0.2) is 44.1 Å². The summed E-state index contributed by atoms with van der Waals surface area (Å²) in [5.74, 6) is 5.23. The lowest BCUT2D eigenvalue weighted by Crippen LogP contribution is -2.32. The molecule has 0 bridgehead atoms. The molecule has 0 radical (unpaired) electrons. The van der Waals surface area contributed by atoms with Crippen LogP contribution in [0, 0.1) is 27.7 Å². The summed E-state index contributed by atoms with van der Waals surface area (Å²) in [5.41, 5.74) is 13.7. The predicted octanol–water partition coefficient (Wildman–Crippen LogP) is 24.4. The SMILES string of the molecule is CC.CC.CC.CC.CC.CC.CC.CC.CCn1c(C)[n+](C)c2c3c(c4ccccc4c21)C=CCC3.CCn1c(C)[n+](C)c2c3c(ccc4ccccc43)ccc21.CCn1c(C)[n+](C)c2c3cc4ccccc4cc3ccc21.CCn1c(C)[n+](C)c2c3ccc4ccccc4c3ccc21. The van der Waals surface area contributed by atoms with Crippen molar-refractivity contribution in [3.05, 3.63) is 210 Å². The largest absolute Gasteiger partial charge is 0.254 e. The van der Waals surface area contributed by atoms with E-state index in [1.54, 1.807) is 0 Å². The molecule has 100 heavy (non-hydrogen) atoms. The smallest absolute Gasteiger partial charge is 0.230 e. The van der Waals surface area contributed by atoms with Gasteiger partial charge in [0.1, 0.15) is 0 Å². The third kappa shape index (κ3) is 15.4. The topological polar surface area (TPSA) is 35.2 Å². The maximum atomic E-state index is 2.45. The van der Waals surface area contributed by atoms with Crippen LogP contribution in [0.5, 0.6) is 0 Å². The second-order valence-corrected chi connectivity index (χ2v) is 23.0. The highest BCUT2D eigenvalue weighted by Gasteiger charge is 2.28. The van der Waals surface area contributed by atoms with Crippen LogP contribution in [0.25, 0.3) is 126 Å². The third-order valence-electron chi connectivity index (χ3n) is 19.0. The molecule has 4 heterocycles. The van der Waals surface area contributed by atoms with Gasteiger partial charge in [0.2, 0.25) is 0 Å². The predicted molar refractivity (Wildman–Crippen MR) is 445 cm³/mol. The summed E-state index contributed by atoms with van der Waals surface area (Å²) in [4.78, 5) is 0. The number of rotatable bonds is 4. The number of aryl methyl sites for hydroxylation is 9. The van der Waals surface area contributed by atoms with Crippen LogP contribution in [0.2, 0.25) is 0 Å². The molecule has 1 aliphatic rings. The number of imidazole rings is 4. The first kappa shape index (κ1) is 81.5. The molecule has 8 nitrogen and oxygen atoms in total. The molecule has 0 spiro atoms. The molecule has 8 heteroatoms. The molecule has 4 aromatic heterocycles. The lowest BCUT2D eigenvalue weighted by Gasteiger charge is -2.14. The monoisotopic (exact) mass is 1340 g/mol. The minimum absolute atomic E-state index is 0.999. The minimum atomic E-state index is 0.999. The average Bonchev–Trinajstić information content (AvgIpc) is 1.56. The zero-order chi connectivity index (χ0) is 74.2. The Bertz CT molecular complexity index is 5100. The highest BCUT2D eigenvalue weighted by atomic mass is 15.2. The number of hydrogen-bond acceptors (Lipinski definition) is 0. The van der Waals surface area contributed by atoms with Crippen LogP contribution in [0.15, 0.2) is 176 Å². The van der Waals surface area contributed by atoms with Crippen LogP contribution >= 0.6 is 0 Å². The summed E-state index contributed by atoms with van der Waals surface area (Å²) in [6, 6.07) is 61.8. The molecule has 0 unspecified atom stereocenters. The van der Waals surface area contributed by atoms with Crippen molar-refractivity contribution in [3.63, 3.8) is 0 Å². The highest BCUT2D eigenvalue weighted by molar-refractivity contribution is 6.18. The van der Waals surface area contributed by atoms with Crippen molar-refractivity contribution < 1.29 is 18.3 Å². The average molecular weight is 1340 g/mol. The van der Waals surface area contributed by atoms with Crippen molar-refractivity contribution in [1.82, 2.24) is 18.3 Å². The van der Waals surface area contributed by atoms with Crippen LogP contribution in [0.4, 0.5) is 0 Å². The molecule has 15 aromatic rings. The normalized spacial score (nSPS) is 10.8. The number of allylic oxidation sites excluding steroid dienone is 1. The van der Waals surface area contributed by atoms with E-state index in [0.717, 1.165) is 39.0 Å². The van der Waals surface area contributed by atoms with Crippen molar-refractivity contribution in [1.29, 1.82) is 0 Å². The molecular weight excluding hydrogens is 1220 g/mol. The zero-order valence-corrected chi connectivity index (χ0v) is 67.1. The number of benzene rings is 11. The molecule has 11 aromatic carbocycles. The fourth-order valence-electron chi connectivity index (χ4n) is 14.4. The van der Waals surface area contributed by atoms with E-state index in [9.17, 15) is 0 Å². The second-order valence-electron chi connectivity index (χ2n) is 23.0. The summed E-state index contributed by atoms with van der Waals surface area (Å²) in [5, 5.41) is 18.7. The molecule has 0 N–H and O–H groups in total. The van der Waals surface area contributed by atoms with Crippen molar-refractivity contribution in [2.75, 3.05) is 0 Å². The van der Waals surface area contributed by atoms with Crippen molar-refractivity contribution in [3.8, 4) is 0 Å². The lowest BCUT2D eigenvalue weighted by molar-refractivity contribution is -0.652. The summed E-state index contributed by atoms with van der Waals surface area (Å²) >= 11 is 0. The van der Waals surface area contributed by atoms with Crippen LogP contribution < -0.4 is 18.3 Å². The lowest BCUT2D eigenvalue weighted by atomic mass is 9.90. The van der Waals surface area contributed by atoms with Crippen molar-refractivity contribution in [2.24, 2.45) is 28.2 Å². The maximum Gasteiger partial charge on any atom is 0.254 e. The van der Waals surface area contributed by atoms with Crippen molar-refractivity contribution >= 4 is 126 Å². The Kier molecular flexibility index (Phi) is 31.8. The maximum absolute atomic E-state index is 2.45. The first-order valence-corrected chi connectivity index (χ1v) is 38.4. The van der Waals surface area contributed by atoms with Gasteiger partial charge in [-0.3, -0.25) is 0 Å². The second kappa shape index (κ2) is 39.0. The van der Waals surface area contributed by atoms with Gasteiger partial charge in [0.05, 0.1) is 54.4 Å². The van der Waals surface area contributed by atoms with Gasteiger partial charge in [0.25, 0.3) is 23.3 Å². The molecule has 16 rings (SSSR count). The van der Waals surface area contributed by atoms with Gasteiger partial charge < -0.3 is 0 Å². The Morgan fingerprint density at radius 1 is 0.300 bits per heavy atom. The third-order valence-corrected chi connectivity index (χ3v) is 19.0. The van der Waals surface area contributed by atoms with Gasteiger partial charge >= 0.3 is 0 Å². The molecule has 0 atom stereocenters. The molecular formula is C92H126N8+4. The molecule has 530 valence electrons. The quantitative estimate of drug-likeness (QED) is 0.0956. The van der Waals surface area contributed by atoms with E-state index in [1.807, 2.05) is 111 Å². The molecule has 1 aliphatic carbocycles. The van der Waals surface area contributed by atoms with E-state index in [-0.39, 0.29) is 0 Å². The number of nitrogens with zero attached hydrogens (tertiary/aromatic N) is 8. The molecule has 0 amide bonds. The standard InChI is InChI=1S/C19H21N2.3C19H19N2.8C2H6/c1-4-21-13(2)20(3)18-16-11-7-5-9-14(16)15-10-6-8-12-17(15)19(18)21;1-4-21-13(2)20(3)19-17-12-15-8-6-5-7-14(15)11-16(17)9-10-18(19)21;1-4-21-13(2)20(3)19-17(21)12-11-15-10-9-14-7-5-6-8-16(14)18(15)19;1-4-21-13(2)20(3)19-17-10-9-14-7-5-6-8-15(14)16(17)11-12-18(19)21;8*1-2/h5-6,8-10,12H,4,7,11H2,1-3H3;3*5-12H,4H2,1-3H3;8*1-2H3/q4*+1;;;;;;;;. The van der Waals surface area contributed by atoms with E-state index in [2.05, 4.69) is 302 Å². The fourth-order valence-corrected chi connectivity index (χ4v) is 14.4. The van der Waals surface area contributed by atoms with Crippen LogP contribution in [0.3, 0.4) is 0 Å². The molecule has 0 saturated carbocycles. The Balaban J connectivity index is 0.000000225. The number of aromatic nitrogens is 8. The first-order valence-electron chi connectivity index (χ1n) is 38.4. The fraction of sp³-hybridized carbons (Fsp3) is 0.370. The highest BCUT2D eigenvalue weighted by Crippen LogP contribution is 2.37. The molecule has 0 aliphatic heterocycles. The van der Waals surface area contributed by atoms with Crippen LogP contribution in [-0.2, 0) is 60.8 Å². The first-order chi connectivity index (χ1) is 48.9. The van der Waals surface area contributed by atoms with Gasteiger partial charge in [-0.05, 0) is 161 Å². The van der Waals surface area contributed by atoms with E-state index in [4.69, 9.17) is 0 Å². The Hall–Kier alpha value is -9.14. The zero-order valence-electron chi connectivity index (χ0n) is 67.1. The summed E-state index contributed by atoms with van der Waals surface area (Å²) in [7, 11) is 8.71. The number of fused-ring (bicyclic) bond motifs is 20. The van der Waals surface area contributed by atoms with Gasteiger partial charge in [-0.15, -0.1) is 0 Å². The van der Waals surface area contributed by atoms with E-state index in [0.29, 0.717) is 0 Å². The van der Waals surface area contributed by atoms with E-state index in [1.165, 1.54) is 154 Å². The van der Waals surface area contributed by atoms with Gasteiger partial charge in [-0.25, -0.2) is 36.5 Å².